The van der Waals surface area contributed by atoms with E-state index >= 15 is 0 Å². The Balaban J connectivity index is 1.98. The quantitative estimate of drug-likeness (QED) is 0.603. The maximum atomic E-state index is 12.3. The molecule has 0 unspecified atom stereocenters. The van der Waals surface area contributed by atoms with E-state index in [2.05, 4.69) is 10.0 Å². The molecule has 1 amide bonds. The molecule has 28 heavy (non-hydrogen) atoms. The molecule has 2 aromatic carbocycles. The van der Waals surface area contributed by atoms with E-state index in [1.165, 1.54) is 36.4 Å². The highest BCUT2D eigenvalue weighted by molar-refractivity contribution is 7.89. The van der Waals surface area contributed by atoms with Crippen molar-refractivity contribution in [3.05, 3.63) is 51.5 Å². The van der Waals surface area contributed by atoms with Gasteiger partial charge < -0.3 is 10.1 Å². The van der Waals surface area contributed by atoms with Crippen LogP contribution in [0.25, 0.3) is 0 Å². The molecule has 2 N–H and O–H groups in total. The molecule has 2 rings (SSSR count). The van der Waals surface area contributed by atoms with Gasteiger partial charge in [-0.15, -0.1) is 0 Å². The largest absolute Gasteiger partial charge is 0.484 e. The number of ether oxygens (including phenoxy) is 1. The van der Waals surface area contributed by atoms with Crippen molar-refractivity contribution in [3.8, 4) is 5.75 Å². The number of carbonyl (C=O) groups excluding carboxylic acids is 1. The molecule has 0 bridgehead atoms. The number of carbonyl (C=O) groups is 1. The summed E-state index contributed by atoms with van der Waals surface area (Å²) in [6, 6.07) is 8.60. The van der Waals surface area contributed by atoms with E-state index in [1.54, 1.807) is 20.8 Å². The molecule has 0 spiro atoms. The number of nitrogens with one attached hydrogen (secondary N) is 2. The summed E-state index contributed by atoms with van der Waals surface area (Å²) in [5.74, 6) is -0.128. The van der Waals surface area contributed by atoms with E-state index in [4.69, 9.17) is 39.5 Å². The number of amides is 1. The average Bonchev–Trinajstić information content (AvgIpc) is 2.56. The van der Waals surface area contributed by atoms with Crippen LogP contribution >= 0.6 is 34.8 Å². The maximum Gasteiger partial charge on any atom is 0.262 e. The summed E-state index contributed by atoms with van der Waals surface area (Å²) in [6.45, 7) is 4.95. The molecule has 10 heteroatoms. The van der Waals surface area contributed by atoms with Crippen LogP contribution in [0, 0.1) is 0 Å². The van der Waals surface area contributed by atoms with Gasteiger partial charge in [-0.3, -0.25) is 4.79 Å². The number of hydrogen-bond acceptors (Lipinski definition) is 4. The molecule has 0 saturated carbocycles. The Bertz CT molecular complexity index is 972. The van der Waals surface area contributed by atoms with Crippen molar-refractivity contribution in [2.75, 3.05) is 11.9 Å². The molecule has 0 aliphatic heterocycles. The van der Waals surface area contributed by atoms with Gasteiger partial charge in [0, 0.05) is 5.54 Å². The summed E-state index contributed by atoms with van der Waals surface area (Å²) in [5.41, 5.74) is -0.294. The van der Waals surface area contributed by atoms with Gasteiger partial charge in [-0.1, -0.05) is 34.8 Å². The molecule has 0 aliphatic carbocycles. The molecule has 2 aromatic rings. The van der Waals surface area contributed by atoms with Crippen LogP contribution in [0.4, 0.5) is 5.69 Å². The summed E-state index contributed by atoms with van der Waals surface area (Å²) in [7, 11) is -3.64. The van der Waals surface area contributed by atoms with Crippen LogP contribution in [0.3, 0.4) is 0 Å². The van der Waals surface area contributed by atoms with Crippen LogP contribution in [-0.4, -0.2) is 26.5 Å². The standard InChI is InChI=1S/C18H19Cl3N2O4S/c1-18(2,3)23-28(25,26)12-6-4-11(5-7-12)27-10-17(24)22-16-9-14(20)13(19)8-15(16)21/h4-9,23H,10H2,1-3H3,(H,22,24). The molecule has 0 radical (unpaired) electrons. The fourth-order valence-electron chi connectivity index (χ4n) is 2.13. The lowest BCUT2D eigenvalue weighted by molar-refractivity contribution is -0.118. The molecule has 0 fully saturated rings. The summed E-state index contributed by atoms with van der Waals surface area (Å²) >= 11 is 17.8. The zero-order valence-electron chi connectivity index (χ0n) is 15.3. The second kappa shape index (κ2) is 8.88. The third-order valence-corrected chi connectivity index (χ3v) is 6.04. The first-order chi connectivity index (χ1) is 12.9. The molecule has 6 nitrogen and oxygen atoms in total. The fraction of sp³-hybridized carbons (Fsp3) is 0.278. The van der Waals surface area contributed by atoms with Gasteiger partial charge in [0.05, 0.1) is 25.7 Å². The SMILES string of the molecule is CC(C)(C)NS(=O)(=O)c1ccc(OCC(=O)Nc2cc(Cl)c(Cl)cc2Cl)cc1. The number of hydrogen-bond donors (Lipinski definition) is 2. The molecule has 0 heterocycles. The molecular formula is C18H19Cl3N2O4S. The minimum atomic E-state index is -3.64. The third kappa shape index (κ3) is 6.53. The van der Waals surface area contributed by atoms with Crippen LogP contribution in [0.2, 0.25) is 15.1 Å². The first-order valence-corrected chi connectivity index (χ1v) is 10.7. The monoisotopic (exact) mass is 464 g/mol. The van der Waals surface area contributed by atoms with Crippen molar-refractivity contribution < 1.29 is 17.9 Å². The number of halogens is 3. The third-order valence-electron chi connectivity index (χ3n) is 3.23. The van der Waals surface area contributed by atoms with Crippen LogP contribution < -0.4 is 14.8 Å². The van der Waals surface area contributed by atoms with Crippen molar-refractivity contribution in [2.24, 2.45) is 0 Å². The Morgan fingerprint density at radius 3 is 2.14 bits per heavy atom. The summed E-state index contributed by atoms with van der Waals surface area (Å²) in [6.07, 6.45) is 0. The molecule has 0 aliphatic rings. The molecular weight excluding hydrogens is 447 g/mol. The van der Waals surface area contributed by atoms with Crippen molar-refractivity contribution in [2.45, 2.75) is 31.2 Å². The summed E-state index contributed by atoms with van der Waals surface area (Å²) in [4.78, 5) is 12.1. The van der Waals surface area contributed by atoms with Gasteiger partial charge >= 0.3 is 0 Å². The second-order valence-electron chi connectivity index (χ2n) is 6.91. The lowest BCUT2D eigenvalue weighted by Gasteiger charge is -2.20. The Labute approximate surface area is 179 Å². The van der Waals surface area contributed by atoms with Gasteiger partial charge in [-0.05, 0) is 57.2 Å². The topological polar surface area (TPSA) is 84.5 Å². The summed E-state index contributed by atoms with van der Waals surface area (Å²) in [5, 5.41) is 3.33. The number of anilines is 1. The Kier molecular flexibility index (Phi) is 7.22. The number of benzene rings is 2. The van der Waals surface area contributed by atoms with Gasteiger partial charge in [0.2, 0.25) is 10.0 Å². The zero-order valence-corrected chi connectivity index (χ0v) is 18.4. The number of sulfonamides is 1. The van der Waals surface area contributed by atoms with E-state index in [0.29, 0.717) is 11.4 Å². The molecule has 152 valence electrons. The second-order valence-corrected chi connectivity index (χ2v) is 9.81. The van der Waals surface area contributed by atoms with E-state index in [9.17, 15) is 13.2 Å². The smallest absolute Gasteiger partial charge is 0.262 e. The molecule has 0 saturated heterocycles. The number of rotatable bonds is 6. The maximum absolute atomic E-state index is 12.3. The van der Waals surface area contributed by atoms with E-state index in [-0.39, 0.29) is 26.6 Å². The van der Waals surface area contributed by atoms with E-state index in [0.717, 1.165) is 0 Å². The predicted molar refractivity (Wildman–Crippen MR) is 112 cm³/mol. The van der Waals surface area contributed by atoms with E-state index < -0.39 is 21.5 Å². The molecule has 0 aromatic heterocycles. The van der Waals surface area contributed by atoms with E-state index in [1.807, 2.05) is 0 Å². The normalized spacial score (nSPS) is 11.9. The van der Waals surface area contributed by atoms with Gasteiger partial charge in [-0.25, -0.2) is 13.1 Å². The van der Waals surface area contributed by atoms with Crippen LogP contribution in [0.5, 0.6) is 5.75 Å². The highest BCUT2D eigenvalue weighted by Crippen LogP contribution is 2.32. The Morgan fingerprint density at radius 2 is 1.57 bits per heavy atom. The molecule has 0 atom stereocenters. The Hall–Kier alpha value is -1.51. The van der Waals surface area contributed by atoms with Gasteiger partial charge in [0.25, 0.3) is 5.91 Å². The van der Waals surface area contributed by atoms with Crippen molar-refractivity contribution in [1.29, 1.82) is 0 Å². The van der Waals surface area contributed by atoms with Gasteiger partial charge in [0.1, 0.15) is 5.75 Å². The first-order valence-electron chi connectivity index (χ1n) is 8.09. The predicted octanol–water partition coefficient (Wildman–Crippen LogP) is 4.74. The van der Waals surface area contributed by atoms with Crippen molar-refractivity contribution in [1.82, 2.24) is 4.72 Å². The lowest BCUT2D eigenvalue weighted by atomic mass is 10.1. The van der Waals surface area contributed by atoms with Gasteiger partial charge in [-0.2, -0.15) is 0 Å². The lowest BCUT2D eigenvalue weighted by Crippen LogP contribution is -2.40. The van der Waals surface area contributed by atoms with Crippen LogP contribution in [0.1, 0.15) is 20.8 Å². The average molecular weight is 466 g/mol. The highest BCUT2D eigenvalue weighted by Gasteiger charge is 2.21. The minimum Gasteiger partial charge on any atom is -0.484 e. The van der Waals surface area contributed by atoms with Crippen molar-refractivity contribution in [3.63, 3.8) is 0 Å². The van der Waals surface area contributed by atoms with Crippen molar-refractivity contribution >= 4 is 56.4 Å². The van der Waals surface area contributed by atoms with Gasteiger partial charge in [0.15, 0.2) is 6.61 Å². The minimum absolute atomic E-state index is 0.0989. The van der Waals surface area contributed by atoms with Crippen LogP contribution in [0.15, 0.2) is 41.3 Å². The first kappa shape index (κ1) is 22.8. The Morgan fingerprint density at radius 1 is 1.00 bits per heavy atom. The summed E-state index contributed by atoms with van der Waals surface area (Å²) < 4.78 is 32.5. The van der Waals surface area contributed by atoms with Crippen LogP contribution in [-0.2, 0) is 14.8 Å². The highest BCUT2D eigenvalue weighted by atomic mass is 35.5. The zero-order chi connectivity index (χ0) is 21.1. The fourth-order valence-corrected chi connectivity index (χ4v) is 4.14.